The summed E-state index contributed by atoms with van der Waals surface area (Å²) in [5.74, 6) is 1.16. The van der Waals surface area contributed by atoms with Gasteiger partial charge in [0, 0.05) is 19.2 Å². The Labute approximate surface area is 87.6 Å². The molecule has 80 valence electrons. The van der Waals surface area contributed by atoms with Crippen LogP contribution < -0.4 is 4.90 Å². The largest absolute Gasteiger partial charge is 0.381 e. The molecule has 5 heteroatoms. The summed E-state index contributed by atoms with van der Waals surface area (Å²) in [6.45, 7) is 2.84. The van der Waals surface area contributed by atoms with Gasteiger partial charge < -0.3 is 4.74 Å². The Balaban J connectivity index is 1.81. The van der Waals surface area contributed by atoms with Crippen molar-refractivity contribution in [1.29, 1.82) is 0 Å². The van der Waals surface area contributed by atoms with Gasteiger partial charge in [-0.3, -0.25) is 9.69 Å². The number of carbonyl (C=O) groups excluding carboxylic acids is 1. The lowest BCUT2D eigenvalue weighted by Gasteiger charge is -2.17. The van der Waals surface area contributed by atoms with Crippen LogP contribution in [0, 0.1) is 5.92 Å². The smallest absolute Gasteiger partial charge is 0.233 e. The summed E-state index contributed by atoms with van der Waals surface area (Å²) in [6, 6.07) is 1.89. The van der Waals surface area contributed by atoms with E-state index in [2.05, 4.69) is 5.10 Å². The van der Waals surface area contributed by atoms with Gasteiger partial charge in [0.15, 0.2) is 0 Å². The number of amides is 1. The molecule has 0 saturated carbocycles. The van der Waals surface area contributed by atoms with Crippen LogP contribution in [0.4, 0.5) is 5.82 Å². The molecule has 3 heterocycles. The molecule has 1 aromatic heterocycles. The maximum atomic E-state index is 12.1. The van der Waals surface area contributed by atoms with Crippen molar-refractivity contribution in [3.8, 4) is 0 Å². The van der Waals surface area contributed by atoms with Gasteiger partial charge in [0.05, 0.1) is 25.3 Å². The van der Waals surface area contributed by atoms with Crippen molar-refractivity contribution in [3.63, 3.8) is 0 Å². The normalized spacial score (nSPS) is 24.5. The molecular formula is C10H13N3O2. The van der Waals surface area contributed by atoms with E-state index < -0.39 is 0 Å². The van der Waals surface area contributed by atoms with Crippen molar-refractivity contribution in [2.45, 2.75) is 13.0 Å². The topological polar surface area (TPSA) is 47.4 Å². The van der Waals surface area contributed by atoms with Gasteiger partial charge in [-0.15, -0.1) is 0 Å². The van der Waals surface area contributed by atoms with Gasteiger partial charge in [0.25, 0.3) is 0 Å². The molecule has 0 spiro atoms. The molecule has 2 aliphatic heterocycles. The predicted molar refractivity (Wildman–Crippen MR) is 53.5 cm³/mol. The third-order valence-corrected chi connectivity index (χ3v) is 3.05. The fourth-order valence-electron chi connectivity index (χ4n) is 2.21. The van der Waals surface area contributed by atoms with Gasteiger partial charge in [0.1, 0.15) is 5.82 Å². The minimum atomic E-state index is 0.0476. The van der Waals surface area contributed by atoms with Crippen LogP contribution in [0.25, 0.3) is 0 Å². The number of anilines is 1. The van der Waals surface area contributed by atoms with E-state index in [0.717, 1.165) is 25.3 Å². The second kappa shape index (κ2) is 3.34. The number of fused-ring (bicyclic) bond motifs is 1. The molecule has 1 fully saturated rings. The Morgan fingerprint density at radius 1 is 1.53 bits per heavy atom. The summed E-state index contributed by atoms with van der Waals surface area (Å²) < 4.78 is 7.11. The maximum Gasteiger partial charge on any atom is 0.233 e. The van der Waals surface area contributed by atoms with E-state index in [-0.39, 0.29) is 11.8 Å². The molecule has 5 nitrogen and oxygen atoms in total. The molecule has 3 rings (SSSR count). The lowest BCUT2D eigenvalue weighted by molar-refractivity contribution is -0.122. The molecule has 0 N–H and O–H groups in total. The Morgan fingerprint density at radius 2 is 2.47 bits per heavy atom. The molecule has 15 heavy (non-hydrogen) atoms. The monoisotopic (exact) mass is 207 g/mol. The first-order chi connectivity index (χ1) is 7.36. The summed E-state index contributed by atoms with van der Waals surface area (Å²) in [6.07, 6.45) is 2.59. The fraction of sp³-hybridized carbons (Fsp3) is 0.600. The summed E-state index contributed by atoms with van der Waals surface area (Å²) in [7, 11) is 0. The Kier molecular flexibility index (Phi) is 1.98. The summed E-state index contributed by atoms with van der Waals surface area (Å²) in [4.78, 5) is 13.9. The van der Waals surface area contributed by atoms with Crippen molar-refractivity contribution in [2.24, 2.45) is 5.92 Å². The highest BCUT2D eigenvalue weighted by atomic mass is 16.5. The van der Waals surface area contributed by atoms with E-state index in [4.69, 9.17) is 4.74 Å². The predicted octanol–water partition coefficient (Wildman–Crippen LogP) is 0.266. The molecule has 0 unspecified atom stereocenters. The first-order valence-corrected chi connectivity index (χ1v) is 5.27. The van der Waals surface area contributed by atoms with Crippen LogP contribution in [0.3, 0.4) is 0 Å². The zero-order chi connectivity index (χ0) is 10.3. The average Bonchev–Trinajstić information content (AvgIpc) is 2.94. The van der Waals surface area contributed by atoms with Gasteiger partial charge in [-0.05, 0) is 6.42 Å². The first kappa shape index (κ1) is 8.91. The molecule has 0 bridgehead atoms. The van der Waals surface area contributed by atoms with Crippen LogP contribution in [-0.4, -0.2) is 35.4 Å². The van der Waals surface area contributed by atoms with Gasteiger partial charge in [-0.2, -0.15) is 5.10 Å². The molecule has 0 aromatic carbocycles. The van der Waals surface area contributed by atoms with Crippen molar-refractivity contribution >= 4 is 11.7 Å². The summed E-state index contributed by atoms with van der Waals surface area (Å²) in [5, 5.41) is 4.15. The van der Waals surface area contributed by atoms with Crippen LogP contribution >= 0.6 is 0 Å². The van der Waals surface area contributed by atoms with Crippen LogP contribution in [0.15, 0.2) is 12.3 Å². The van der Waals surface area contributed by atoms with Crippen molar-refractivity contribution in [2.75, 3.05) is 24.7 Å². The highest BCUT2D eigenvalue weighted by Crippen LogP contribution is 2.24. The number of hydrogen-bond acceptors (Lipinski definition) is 3. The molecule has 1 aromatic rings. The molecular weight excluding hydrogens is 194 g/mol. The van der Waals surface area contributed by atoms with E-state index in [1.807, 2.05) is 15.6 Å². The van der Waals surface area contributed by atoms with Crippen LogP contribution in [0.1, 0.15) is 6.42 Å². The number of ether oxygens (including phenoxy) is 1. The summed E-state index contributed by atoms with van der Waals surface area (Å²) in [5.41, 5.74) is 0. The molecule has 1 atom stereocenters. The first-order valence-electron chi connectivity index (χ1n) is 5.27. The zero-order valence-corrected chi connectivity index (χ0v) is 8.43. The molecule has 2 aliphatic rings. The van der Waals surface area contributed by atoms with Gasteiger partial charge >= 0.3 is 0 Å². The van der Waals surface area contributed by atoms with Gasteiger partial charge in [0.2, 0.25) is 5.91 Å². The molecule has 1 amide bonds. The molecule has 0 radical (unpaired) electrons. The third kappa shape index (κ3) is 1.34. The number of rotatable bonds is 1. The van der Waals surface area contributed by atoms with E-state index in [1.54, 1.807) is 6.20 Å². The zero-order valence-electron chi connectivity index (χ0n) is 8.43. The minimum absolute atomic E-state index is 0.0476. The van der Waals surface area contributed by atoms with Crippen molar-refractivity contribution < 1.29 is 9.53 Å². The van der Waals surface area contributed by atoms with E-state index in [9.17, 15) is 4.79 Å². The maximum absolute atomic E-state index is 12.1. The second-order valence-corrected chi connectivity index (χ2v) is 3.96. The lowest BCUT2D eigenvalue weighted by atomic mass is 10.1. The second-order valence-electron chi connectivity index (χ2n) is 3.96. The Hall–Kier alpha value is -1.36. The lowest BCUT2D eigenvalue weighted by Crippen LogP contribution is -2.35. The number of aromatic nitrogens is 2. The van der Waals surface area contributed by atoms with Gasteiger partial charge in [-0.1, -0.05) is 0 Å². The SMILES string of the molecule is O=C([C@H]1CCOC1)N1CCn2nccc21. The average molecular weight is 207 g/mol. The quantitative estimate of drug-likeness (QED) is 0.664. The highest BCUT2D eigenvalue weighted by molar-refractivity contribution is 5.95. The third-order valence-electron chi connectivity index (χ3n) is 3.05. The van der Waals surface area contributed by atoms with Crippen LogP contribution in [-0.2, 0) is 16.1 Å². The standard InChI is InChI=1S/C10H13N3O2/c14-10(8-2-6-15-7-8)12-4-5-13-9(12)1-3-11-13/h1,3,8H,2,4-7H2/t8-/m0/s1. The molecule has 1 saturated heterocycles. The fourth-order valence-corrected chi connectivity index (χ4v) is 2.21. The van der Waals surface area contributed by atoms with E-state index in [0.29, 0.717) is 13.2 Å². The van der Waals surface area contributed by atoms with Crippen LogP contribution in [0.2, 0.25) is 0 Å². The number of carbonyl (C=O) groups is 1. The van der Waals surface area contributed by atoms with Crippen molar-refractivity contribution in [3.05, 3.63) is 12.3 Å². The van der Waals surface area contributed by atoms with E-state index in [1.165, 1.54) is 0 Å². The summed E-state index contributed by atoms with van der Waals surface area (Å²) >= 11 is 0. The Morgan fingerprint density at radius 3 is 3.27 bits per heavy atom. The number of hydrogen-bond donors (Lipinski definition) is 0. The van der Waals surface area contributed by atoms with Gasteiger partial charge in [-0.25, -0.2) is 4.68 Å². The van der Waals surface area contributed by atoms with Crippen LogP contribution in [0.5, 0.6) is 0 Å². The van der Waals surface area contributed by atoms with E-state index >= 15 is 0 Å². The minimum Gasteiger partial charge on any atom is -0.381 e. The highest BCUT2D eigenvalue weighted by Gasteiger charge is 2.32. The number of nitrogens with zero attached hydrogens (tertiary/aromatic N) is 3. The Bertz CT molecular complexity index is 382. The van der Waals surface area contributed by atoms with Crippen molar-refractivity contribution in [1.82, 2.24) is 9.78 Å². The molecule has 0 aliphatic carbocycles.